The molecule has 1 atom stereocenters. The van der Waals surface area contributed by atoms with Crippen LogP contribution in [-0.4, -0.2) is 19.2 Å². The summed E-state index contributed by atoms with van der Waals surface area (Å²) in [5.74, 6) is 0.933. The smallest absolute Gasteiger partial charge is 0.119 e. The molecule has 0 saturated carbocycles. The zero-order chi connectivity index (χ0) is 12.5. The molecule has 0 amide bonds. The highest BCUT2D eigenvalue weighted by molar-refractivity contribution is 5.27. The Morgan fingerprint density at radius 3 is 2.59 bits per heavy atom. The van der Waals surface area contributed by atoms with Gasteiger partial charge in [0.25, 0.3) is 0 Å². The van der Waals surface area contributed by atoms with Gasteiger partial charge in [0, 0.05) is 6.04 Å². The molecule has 0 heterocycles. The van der Waals surface area contributed by atoms with E-state index in [1.807, 2.05) is 31.2 Å². The Labute approximate surface area is 105 Å². The summed E-state index contributed by atoms with van der Waals surface area (Å²) in [6.45, 7) is 8.00. The molecule has 1 unspecified atom stereocenters. The summed E-state index contributed by atoms with van der Waals surface area (Å²) in [6.07, 6.45) is 5.05. The van der Waals surface area contributed by atoms with Gasteiger partial charge in [-0.25, -0.2) is 0 Å². The molecule has 1 aromatic carbocycles. The van der Waals surface area contributed by atoms with Crippen LogP contribution in [0.25, 0.3) is 0 Å². The Hall–Kier alpha value is -1.28. The number of nitrogens with one attached hydrogen (secondary N) is 1. The minimum Gasteiger partial charge on any atom is -0.490 e. The molecule has 1 aromatic rings. The molecule has 0 radical (unpaired) electrons. The van der Waals surface area contributed by atoms with E-state index in [-0.39, 0.29) is 0 Å². The van der Waals surface area contributed by atoms with Crippen LogP contribution in [0.15, 0.2) is 36.4 Å². The third kappa shape index (κ3) is 5.55. The number of likely N-dealkylation sites (N-methyl/N-ethyl adjacent to an activating group) is 1. The number of hydrogen-bond donors (Lipinski definition) is 1. The summed E-state index contributed by atoms with van der Waals surface area (Å²) in [6, 6.07) is 8.88. The van der Waals surface area contributed by atoms with Crippen molar-refractivity contribution in [2.45, 2.75) is 33.2 Å². The molecule has 1 N–H and O–H groups in total. The predicted molar refractivity (Wildman–Crippen MR) is 73.6 cm³/mol. The first kappa shape index (κ1) is 13.8. The largest absolute Gasteiger partial charge is 0.490 e. The number of allylic oxidation sites excluding steroid dienone is 1. The SMILES string of the molecule is C/C=C/COc1ccc(CC(C)NCC)cc1. The Balaban J connectivity index is 2.44. The van der Waals surface area contributed by atoms with E-state index in [2.05, 4.69) is 31.3 Å². The van der Waals surface area contributed by atoms with E-state index in [1.165, 1.54) is 5.56 Å². The summed E-state index contributed by atoms with van der Waals surface area (Å²) < 4.78 is 5.55. The van der Waals surface area contributed by atoms with E-state index in [9.17, 15) is 0 Å². The van der Waals surface area contributed by atoms with Crippen LogP contribution in [-0.2, 0) is 6.42 Å². The molecule has 0 aromatic heterocycles. The van der Waals surface area contributed by atoms with Gasteiger partial charge >= 0.3 is 0 Å². The monoisotopic (exact) mass is 233 g/mol. The molecule has 94 valence electrons. The lowest BCUT2D eigenvalue weighted by Gasteiger charge is -2.12. The quantitative estimate of drug-likeness (QED) is 0.730. The standard InChI is InChI=1S/C15H23NO/c1-4-6-11-17-15-9-7-14(8-10-15)12-13(3)16-5-2/h4,6-10,13,16H,5,11-12H2,1-3H3/b6-4+. The number of rotatable bonds is 7. The number of hydrogen-bond acceptors (Lipinski definition) is 2. The maximum Gasteiger partial charge on any atom is 0.119 e. The third-order valence-electron chi connectivity index (χ3n) is 2.60. The summed E-state index contributed by atoms with van der Waals surface area (Å²) in [5.41, 5.74) is 1.34. The third-order valence-corrected chi connectivity index (χ3v) is 2.60. The lowest BCUT2D eigenvalue weighted by Crippen LogP contribution is -2.27. The fourth-order valence-electron chi connectivity index (χ4n) is 1.74. The molecule has 2 heteroatoms. The zero-order valence-corrected chi connectivity index (χ0v) is 11.1. The first-order valence-corrected chi connectivity index (χ1v) is 6.32. The van der Waals surface area contributed by atoms with Gasteiger partial charge in [0.2, 0.25) is 0 Å². The van der Waals surface area contributed by atoms with Gasteiger partial charge in [0.15, 0.2) is 0 Å². The van der Waals surface area contributed by atoms with Crippen molar-refractivity contribution in [3.05, 3.63) is 42.0 Å². The highest BCUT2D eigenvalue weighted by Crippen LogP contribution is 2.13. The molecule has 0 aliphatic heterocycles. The second-order valence-corrected chi connectivity index (χ2v) is 4.19. The van der Waals surface area contributed by atoms with Gasteiger partial charge in [-0.05, 0) is 44.5 Å². The molecule has 0 aliphatic carbocycles. The molecule has 0 aliphatic rings. The normalized spacial score (nSPS) is 12.9. The first-order valence-electron chi connectivity index (χ1n) is 6.32. The zero-order valence-electron chi connectivity index (χ0n) is 11.1. The van der Waals surface area contributed by atoms with Crippen LogP contribution in [0, 0.1) is 0 Å². The van der Waals surface area contributed by atoms with Crippen molar-refractivity contribution in [2.24, 2.45) is 0 Å². The van der Waals surface area contributed by atoms with E-state index >= 15 is 0 Å². The van der Waals surface area contributed by atoms with E-state index in [1.54, 1.807) is 0 Å². The molecule has 0 fully saturated rings. The lowest BCUT2D eigenvalue weighted by atomic mass is 10.1. The fraction of sp³-hybridized carbons (Fsp3) is 0.467. The highest BCUT2D eigenvalue weighted by atomic mass is 16.5. The number of ether oxygens (including phenoxy) is 1. The van der Waals surface area contributed by atoms with E-state index in [0.717, 1.165) is 18.7 Å². The maximum atomic E-state index is 5.55. The van der Waals surface area contributed by atoms with Crippen molar-refractivity contribution in [1.29, 1.82) is 0 Å². The van der Waals surface area contributed by atoms with Crippen LogP contribution in [0.1, 0.15) is 26.3 Å². The molecule has 1 rings (SSSR count). The minimum atomic E-state index is 0.523. The van der Waals surface area contributed by atoms with Gasteiger partial charge in [-0.1, -0.05) is 31.2 Å². The second kappa shape index (κ2) is 7.91. The average molecular weight is 233 g/mol. The van der Waals surface area contributed by atoms with Gasteiger partial charge < -0.3 is 10.1 Å². The van der Waals surface area contributed by atoms with Crippen molar-refractivity contribution in [3.8, 4) is 5.75 Å². The van der Waals surface area contributed by atoms with E-state index in [0.29, 0.717) is 12.6 Å². The van der Waals surface area contributed by atoms with Crippen molar-refractivity contribution in [2.75, 3.05) is 13.2 Å². The van der Waals surface area contributed by atoms with Crippen molar-refractivity contribution >= 4 is 0 Å². The molecular formula is C15H23NO. The second-order valence-electron chi connectivity index (χ2n) is 4.19. The lowest BCUT2D eigenvalue weighted by molar-refractivity contribution is 0.362. The summed E-state index contributed by atoms with van der Waals surface area (Å²) in [5, 5.41) is 3.41. The molecule has 0 saturated heterocycles. The maximum absolute atomic E-state index is 5.55. The highest BCUT2D eigenvalue weighted by Gasteiger charge is 2.01. The van der Waals surface area contributed by atoms with E-state index < -0.39 is 0 Å². The van der Waals surface area contributed by atoms with Gasteiger partial charge in [-0.15, -0.1) is 0 Å². The molecule has 0 bridgehead atoms. The molecule has 17 heavy (non-hydrogen) atoms. The van der Waals surface area contributed by atoms with Gasteiger partial charge in [0.05, 0.1) is 0 Å². The van der Waals surface area contributed by atoms with Crippen LogP contribution in [0.2, 0.25) is 0 Å². The molecule has 2 nitrogen and oxygen atoms in total. The first-order chi connectivity index (χ1) is 8.26. The Kier molecular flexibility index (Phi) is 6.41. The topological polar surface area (TPSA) is 21.3 Å². The fourth-order valence-corrected chi connectivity index (χ4v) is 1.74. The Bertz CT molecular complexity index is 329. The van der Waals surface area contributed by atoms with Crippen LogP contribution in [0.5, 0.6) is 5.75 Å². The Morgan fingerprint density at radius 1 is 1.29 bits per heavy atom. The van der Waals surface area contributed by atoms with Crippen LogP contribution in [0.3, 0.4) is 0 Å². The summed E-state index contributed by atoms with van der Waals surface area (Å²) >= 11 is 0. The van der Waals surface area contributed by atoms with Gasteiger partial charge in [-0.2, -0.15) is 0 Å². The van der Waals surface area contributed by atoms with Crippen LogP contribution < -0.4 is 10.1 Å². The van der Waals surface area contributed by atoms with Gasteiger partial charge in [0.1, 0.15) is 12.4 Å². The number of benzene rings is 1. The van der Waals surface area contributed by atoms with Crippen molar-refractivity contribution in [3.63, 3.8) is 0 Å². The summed E-state index contributed by atoms with van der Waals surface area (Å²) in [7, 11) is 0. The van der Waals surface area contributed by atoms with E-state index in [4.69, 9.17) is 4.74 Å². The Morgan fingerprint density at radius 2 is 2.00 bits per heavy atom. The minimum absolute atomic E-state index is 0.523. The molecule has 0 spiro atoms. The van der Waals surface area contributed by atoms with Crippen molar-refractivity contribution < 1.29 is 4.74 Å². The molecular weight excluding hydrogens is 210 g/mol. The van der Waals surface area contributed by atoms with Gasteiger partial charge in [-0.3, -0.25) is 0 Å². The average Bonchev–Trinajstić information content (AvgIpc) is 2.32. The van der Waals surface area contributed by atoms with Crippen LogP contribution in [0.4, 0.5) is 0 Å². The predicted octanol–water partition coefficient (Wildman–Crippen LogP) is 3.18. The van der Waals surface area contributed by atoms with Crippen LogP contribution >= 0.6 is 0 Å². The summed E-state index contributed by atoms with van der Waals surface area (Å²) in [4.78, 5) is 0. The van der Waals surface area contributed by atoms with Crippen molar-refractivity contribution in [1.82, 2.24) is 5.32 Å².